The van der Waals surface area contributed by atoms with Crippen molar-refractivity contribution in [1.29, 1.82) is 0 Å². The molecule has 2 N–H and O–H groups in total. The van der Waals surface area contributed by atoms with Crippen molar-refractivity contribution in [3.8, 4) is 5.75 Å². The fraction of sp³-hybridized carbons (Fsp3) is 0.263. The summed E-state index contributed by atoms with van der Waals surface area (Å²) in [6.45, 7) is 0.544. The Morgan fingerprint density at radius 3 is 3.08 bits per heavy atom. The highest BCUT2D eigenvalue weighted by Crippen LogP contribution is 2.38. The van der Waals surface area contributed by atoms with Gasteiger partial charge >= 0.3 is 0 Å². The first-order valence-corrected chi connectivity index (χ1v) is 8.23. The van der Waals surface area contributed by atoms with E-state index in [2.05, 4.69) is 10.3 Å². The average Bonchev–Trinajstić information content (AvgIpc) is 3.18. The number of pyridine rings is 1. The van der Waals surface area contributed by atoms with Crippen LogP contribution in [0.2, 0.25) is 0 Å². The van der Waals surface area contributed by atoms with Crippen LogP contribution in [0.25, 0.3) is 5.65 Å². The van der Waals surface area contributed by atoms with E-state index < -0.39 is 0 Å². The SMILES string of the molecule is O=C(NCCc1cn2ccccc2n1)C1CCc2cccc(O)c21. The number of carbonyl (C=O) groups is 1. The third-order valence-corrected chi connectivity index (χ3v) is 4.63. The van der Waals surface area contributed by atoms with Gasteiger partial charge in [-0.15, -0.1) is 0 Å². The van der Waals surface area contributed by atoms with Gasteiger partial charge in [-0.25, -0.2) is 4.98 Å². The highest BCUT2D eigenvalue weighted by atomic mass is 16.3. The maximum atomic E-state index is 12.5. The second kappa shape index (κ2) is 6.00. The number of amides is 1. The number of hydrogen-bond acceptors (Lipinski definition) is 3. The number of phenols is 1. The molecular formula is C19H19N3O2. The topological polar surface area (TPSA) is 66.6 Å². The number of benzene rings is 1. The molecule has 1 atom stereocenters. The smallest absolute Gasteiger partial charge is 0.227 e. The summed E-state index contributed by atoms with van der Waals surface area (Å²) in [5.74, 6) is -0.0354. The molecule has 1 aliphatic carbocycles. The third-order valence-electron chi connectivity index (χ3n) is 4.63. The normalized spacial score (nSPS) is 16.2. The Morgan fingerprint density at radius 2 is 2.21 bits per heavy atom. The number of rotatable bonds is 4. The van der Waals surface area contributed by atoms with E-state index in [9.17, 15) is 9.90 Å². The summed E-state index contributed by atoms with van der Waals surface area (Å²) < 4.78 is 1.97. The molecule has 0 saturated heterocycles. The van der Waals surface area contributed by atoms with Crippen molar-refractivity contribution < 1.29 is 9.90 Å². The standard InChI is InChI=1S/C19H19N3O2/c23-16-5-3-4-13-7-8-15(18(13)16)19(24)20-10-9-14-12-22-11-2-1-6-17(22)21-14/h1-6,11-12,15,23H,7-10H2,(H,20,24). The van der Waals surface area contributed by atoms with Crippen molar-refractivity contribution in [3.63, 3.8) is 0 Å². The zero-order valence-corrected chi connectivity index (χ0v) is 13.3. The summed E-state index contributed by atoms with van der Waals surface area (Å²) in [5, 5.41) is 13.0. The highest BCUT2D eigenvalue weighted by molar-refractivity contribution is 5.85. The summed E-state index contributed by atoms with van der Waals surface area (Å²) in [6.07, 6.45) is 6.23. The molecule has 1 amide bonds. The fourth-order valence-corrected chi connectivity index (χ4v) is 3.47. The number of carbonyl (C=O) groups excluding carboxylic acids is 1. The minimum absolute atomic E-state index is 0.0148. The maximum absolute atomic E-state index is 12.5. The molecule has 5 nitrogen and oxygen atoms in total. The molecule has 122 valence electrons. The van der Waals surface area contributed by atoms with Gasteiger partial charge in [0.15, 0.2) is 0 Å². The lowest BCUT2D eigenvalue weighted by atomic mass is 9.99. The van der Waals surface area contributed by atoms with Crippen LogP contribution in [-0.4, -0.2) is 26.9 Å². The van der Waals surface area contributed by atoms with Gasteiger partial charge in [0.1, 0.15) is 11.4 Å². The molecule has 1 unspecified atom stereocenters. The first kappa shape index (κ1) is 14.8. The van der Waals surface area contributed by atoms with Gasteiger partial charge in [0.25, 0.3) is 0 Å². The molecule has 0 spiro atoms. The van der Waals surface area contributed by atoms with Gasteiger partial charge in [-0.05, 0) is 36.6 Å². The number of phenolic OH excluding ortho intramolecular Hbond substituents is 1. The molecule has 24 heavy (non-hydrogen) atoms. The van der Waals surface area contributed by atoms with Crippen LogP contribution in [0.4, 0.5) is 0 Å². The minimum Gasteiger partial charge on any atom is -0.508 e. The minimum atomic E-state index is -0.248. The van der Waals surface area contributed by atoms with E-state index in [0.717, 1.165) is 35.3 Å². The molecule has 0 fully saturated rings. The summed E-state index contributed by atoms with van der Waals surface area (Å²) in [6, 6.07) is 11.3. The number of nitrogens with zero attached hydrogens (tertiary/aromatic N) is 2. The Bertz CT molecular complexity index is 868. The molecule has 1 aliphatic rings. The number of aromatic nitrogens is 2. The van der Waals surface area contributed by atoms with Crippen LogP contribution in [0.15, 0.2) is 48.8 Å². The Hall–Kier alpha value is -2.82. The van der Waals surface area contributed by atoms with Gasteiger partial charge in [-0.2, -0.15) is 0 Å². The summed E-state index contributed by atoms with van der Waals surface area (Å²) in [4.78, 5) is 17.0. The second-order valence-electron chi connectivity index (χ2n) is 6.18. The van der Waals surface area contributed by atoms with Crippen molar-refractivity contribution in [2.45, 2.75) is 25.2 Å². The lowest BCUT2D eigenvalue weighted by molar-refractivity contribution is -0.122. The van der Waals surface area contributed by atoms with Crippen LogP contribution in [0, 0.1) is 0 Å². The Labute approximate surface area is 140 Å². The van der Waals surface area contributed by atoms with Crippen LogP contribution < -0.4 is 5.32 Å². The molecule has 0 radical (unpaired) electrons. The van der Waals surface area contributed by atoms with Crippen LogP contribution in [-0.2, 0) is 17.6 Å². The van der Waals surface area contributed by atoms with E-state index in [1.807, 2.05) is 47.1 Å². The van der Waals surface area contributed by atoms with Crippen LogP contribution in [0.5, 0.6) is 5.75 Å². The molecule has 5 heteroatoms. The van der Waals surface area contributed by atoms with Gasteiger partial charge in [-0.1, -0.05) is 18.2 Å². The van der Waals surface area contributed by atoms with Crippen molar-refractivity contribution in [2.75, 3.05) is 6.54 Å². The Morgan fingerprint density at radius 1 is 1.29 bits per heavy atom. The van der Waals surface area contributed by atoms with Crippen molar-refractivity contribution in [1.82, 2.24) is 14.7 Å². The number of aromatic hydroxyl groups is 1. The van der Waals surface area contributed by atoms with E-state index in [0.29, 0.717) is 13.0 Å². The van der Waals surface area contributed by atoms with Gasteiger partial charge in [0, 0.05) is 30.9 Å². The quantitative estimate of drug-likeness (QED) is 0.775. The Balaban J connectivity index is 1.39. The van der Waals surface area contributed by atoms with Gasteiger partial charge in [0.05, 0.1) is 11.6 Å². The summed E-state index contributed by atoms with van der Waals surface area (Å²) >= 11 is 0. The number of aryl methyl sites for hydroxylation is 1. The second-order valence-corrected chi connectivity index (χ2v) is 6.18. The molecule has 1 aromatic carbocycles. The average molecular weight is 321 g/mol. The molecule has 4 rings (SSSR count). The third kappa shape index (κ3) is 2.62. The van der Waals surface area contributed by atoms with Crippen molar-refractivity contribution >= 4 is 11.6 Å². The maximum Gasteiger partial charge on any atom is 0.227 e. The van der Waals surface area contributed by atoms with E-state index in [1.165, 1.54) is 0 Å². The van der Waals surface area contributed by atoms with Crippen molar-refractivity contribution in [2.24, 2.45) is 0 Å². The molecule has 2 aromatic heterocycles. The molecular weight excluding hydrogens is 302 g/mol. The monoisotopic (exact) mass is 321 g/mol. The first-order chi connectivity index (χ1) is 11.7. The van der Waals surface area contributed by atoms with Gasteiger partial charge in [0.2, 0.25) is 5.91 Å². The zero-order valence-electron chi connectivity index (χ0n) is 13.3. The predicted octanol–water partition coefficient (Wildman–Crippen LogP) is 2.43. The fourth-order valence-electron chi connectivity index (χ4n) is 3.47. The number of imidazole rings is 1. The van der Waals surface area contributed by atoms with E-state index in [1.54, 1.807) is 6.07 Å². The zero-order chi connectivity index (χ0) is 16.5. The highest BCUT2D eigenvalue weighted by Gasteiger charge is 2.30. The number of hydrogen-bond donors (Lipinski definition) is 2. The van der Waals surface area contributed by atoms with E-state index in [4.69, 9.17) is 0 Å². The number of fused-ring (bicyclic) bond motifs is 2. The van der Waals surface area contributed by atoms with E-state index >= 15 is 0 Å². The number of nitrogens with one attached hydrogen (secondary N) is 1. The lowest BCUT2D eigenvalue weighted by Crippen LogP contribution is -2.30. The lowest BCUT2D eigenvalue weighted by Gasteiger charge is -2.13. The first-order valence-electron chi connectivity index (χ1n) is 8.23. The predicted molar refractivity (Wildman–Crippen MR) is 91.1 cm³/mol. The molecule has 3 aromatic rings. The van der Waals surface area contributed by atoms with Crippen molar-refractivity contribution in [3.05, 3.63) is 65.6 Å². The summed E-state index contributed by atoms with van der Waals surface area (Å²) in [7, 11) is 0. The summed E-state index contributed by atoms with van der Waals surface area (Å²) in [5.41, 5.74) is 3.74. The van der Waals surface area contributed by atoms with Crippen LogP contribution >= 0.6 is 0 Å². The Kier molecular flexibility index (Phi) is 3.69. The van der Waals surface area contributed by atoms with Crippen LogP contribution in [0.1, 0.15) is 29.2 Å². The molecule has 0 bridgehead atoms. The largest absolute Gasteiger partial charge is 0.508 e. The van der Waals surface area contributed by atoms with Gasteiger partial charge in [-0.3, -0.25) is 4.79 Å². The molecule has 0 saturated carbocycles. The van der Waals surface area contributed by atoms with E-state index in [-0.39, 0.29) is 17.6 Å². The van der Waals surface area contributed by atoms with Crippen LogP contribution in [0.3, 0.4) is 0 Å². The molecule has 2 heterocycles. The van der Waals surface area contributed by atoms with Gasteiger partial charge < -0.3 is 14.8 Å². The molecule has 0 aliphatic heterocycles.